The number of halogens is 1. The second kappa shape index (κ2) is 6.81. The lowest BCUT2D eigenvalue weighted by atomic mass is 10.0. The predicted molar refractivity (Wildman–Crippen MR) is 108 cm³/mol. The van der Waals surface area contributed by atoms with Crippen LogP contribution in [0.1, 0.15) is 28.6 Å². The number of esters is 1. The predicted octanol–water partition coefficient (Wildman–Crippen LogP) is 4.56. The fourth-order valence-electron chi connectivity index (χ4n) is 3.44. The van der Waals surface area contributed by atoms with Crippen LogP contribution < -0.4 is 5.01 Å². The van der Waals surface area contributed by atoms with Crippen molar-refractivity contribution in [1.29, 1.82) is 0 Å². The summed E-state index contributed by atoms with van der Waals surface area (Å²) in [6.07, 6.45) is 1.62. The van der Waals surface area contributed by atoms with E-state index in [1.54, 1.807) is 31.2 Å². The van der Waals surface area contributed by atoms with E-state index < -0.39 is 0 Å². The summed E-state index contributed by atoms with van der Waals surface area (Å²) in [7, 11) is 0. The van der Waals surface area contributed by atoms with Crippen molar-refractivity contribution in [3.63, 3.8) is 0 Å². The highest BCUT2D eigenvalue weighted by Crippen LogP contribution is 2.30. The van der Waals surface area contributed by atoms with E-state index in [2.05, 4.69) is 5.10 Å². The van der Waals surface area contributed by atoms with Crippen LogP contribution in [0.5, 0.6) is 0 Å². The van der Waals surface area contributed by atoms with Gasteiger partial charge in [-0.2, -0.15) is 10.1 Å². The van der Waals surface area contributed by atoms with Crippen LogP contribution in [0.4, 0.5) is 10.1 Å². The van der Waals surface area contributed by atoms with Crippen molar-refractivity contribution in [3.8, 4) is 11.3 Å². The minimum absolute atomic E-state index is 0.287. The highest BCUT2D eigenvalue weighted by Gasteiger charge is 2.29. The molecule has 0 N–H and O–H groups in total. The van der Waals surface area contributed by atoms with E-state index in [-0.39, 0.29) is 24.3 Å². The molecule has 0 unspecified atom stereocenters. The Morgan fingerprint density at radius 2 is 1.87 bits per heavy atom. The summed E-state index contributed by atoms with van der Waals surface area (Å²) in [6.45, 7) is 2.01. The minimum Gasteiger partial charge on any atom is -0.457 e. The maximum atomic E-state index is 13.2. The summed E-state index contributed by atoms with van der Waals surface area (Å²) in [6, 6.07) is 14.5. The Balaban J connectivity index is 1.43. The number of anilines is 1. The number of fused-ring (bicyclic) bond motifs is 1. The first kappa shape index (κ1) is 18.1. The fourth-order valence-corrected chi connectivity index (χ4v) is 3.44. The molecular formula is C23H15FN2O4. The third-order valence-corrected chi connectivity index (χ3v) is 5.02. The van der Waals surface area contributed by atoms with Crippen LogP contribution in [0.15, 0.2) is 69.7 Å². The summed E-state index contributed by atoms with van der Waals surface area (Å²) >= 11 is 0. The number of hydrogen-bond acceptors (Lipinski definition) is 5. The lowest BCUT2D eigenvalue weighted by Crippen LogP contribution is -2.21. The number of nitrogens with zero attached hydrogens (tertiary/aromatic N) is 2. The smallest absolute Gasteiger partial charge is 0.338 e. The molecule has 3 aromatic rings. The number of amides is 1. The third-order valence-electron chi connectivity index (χ3n) is 5.02. The molecular weight excluding hydrogens is 387 g/mol. The van der Waals surface area contributed by atoms with Gasteiger partial charge in [-0.1, -0.05) is 12.1 Å². The van der Waals surface area contributed by atoms with Crippen LogP contribution in [0.2, 0.25) is 0 Å². The zero-order chi connectivity index (χ0) is 20.8. The van der Waals surface area contributed by atoms with E-state index in [4.69, 9.17) is 9.15 Å². The zero-order valence-electron chi connectivity index (χ0n) is 15.9. The number of rotatable bonds is 3. The maximum Gasteiger partial charge on any atom is 0.338 e. The van der Waals surface area contributed by atoms with Gasteiger partial charge in [0.05, 0.1) is 22.5 Å². The number of ether oxygens (including phenoxy) is 1. The lowest BCUT2D eigenvalue weighted by molar-refractivity contribution is -0.114. The van der Waals surface area contributed by atoms with Gasteiger partial charge in [-0.25, -0.2) is 9.18 Å². The van der Waals surface area contributed by atoms with Crippen LogP contribution in [0, 0.1) is 5.82 Å². The average molecular weight is 402 g/mol. The quantitative estimate of drug-likeness (QED) is 0.476. The summed E-state index contributed by atoms with van der Waals surface area (Å²) < 4.78 is 24.1. The van der Waals surface area contributed by atoms with Crippen molar-refractivity contribution < 1.29 is 23.1 Å². The van der Waals surface area contributed by atoms with Gasteiger partial charge >= 0.3 is 5.97 Å². The SMILES string of the molecule is CC1=NN(c2ccc(F)cc2)C(=O)/C1=C/c1ccc(-c2ccc3c(c2)C(=O)OC3)o1. The topological polar surface area (TPSA) is 72.1 Å². The monoisotopic (exact) mass is 402 g/mol. The largest absolute Gasteiger partial charge is 0.457 e. The summed E-state index contributed by atoms with van der Waals surface area (Å²) in [5.41, 5.74) is 3.53. The molecule has 0 fully saturated rings. The Morgan fingerprint density at radius 1 is 1.07 bits per heavy atom. The van der Waals surface area contributed by atoms with Crippen LogP contribution in [-0.4, -0.2) is 17.6 Å². The van der Waals surface area contributed by atoms with Crippen LogP contribution >= 0.6 is 0 Å². The molecule has 1 aromatic heterocycles. The number of carbonyl (C=O) groups excluding carboxylic acids is 2. The Hall–Kier alpha value is -4.00. The molecule has 0 atom stereocenters. The molecule has 0 saturated carbocycles. The van der Waals surface area contributed by atoms with Crippen LogP contribution in [0.3, 0.4) is 0 Å². The lowest BCUT2D eigenvalue weighted by Gasteiger charge is -2.11. The van der Waals surface area contributed by atoms with Gasteiger partial charge < -0.3 is 9.15 Å². The number of furan rings is 1. The van der Waals surface area contributed by atoms with Crippen LogP contribution in [0.25, 0.3) is 17.4 Å². The molecule has 0 aliphatic carbocycles. The Labute approximate surface area is 170 Å². The highest BCUT2D eigenvalue weighted by atomic mass is 19.1. The first-order chi connectivity index (χ1) is 14.5. The Morgan fingerprint density at radius 3 is 2.67 bits per heavy atom. The van der Waals surface area contributed by atoms with Gasteiger partial charge in [-0.15, -0.1) is 0 Å². The van der Waals surface area contributed by atoms with Crippen molar-refractivity contribution in [2.45, 2.75) is 13.5 Å². The molecule has 2 aliphatic rings. The zero-order valence-corrected chi connectivity index (χ0v) is 15.9. The van der Waals surface area contributed by atoms with Crippen molar-refractivity contribution in [2.75, 3.05) is 5.01 Å². The van der Waals surface area contributed by atoms with E-state index in [1.165, 1.54) is 29.3 Å². The molecule has 3 heterocycles. The van der Waals surface area contributed by atoms with Crippen molar-refractivity contribution >= 4 is 29.4 Å². The second-order valence-electron chi connectivity index (χ2n) is 6.99. The second-order valence-corrected chi connectivity index (χ2v) is 6.99. The van der Waals surface area contributed by atoms with Gasteiger partial charge in [0.15, 0.2) is 0 Å². The number of cyclic esters (lactones) is 1. The van der Waals surface area contributed by atoms with E-state index in [1.807, 2.05) is 12.1 Å². The minimum atomic E-state index is -0.384. The van der Waals surface area contributed by atoms with E-state index >= 15 is 0 Å². The average Bonchev–Trinajstić information content (AvgIpc) is 3.43. The number of carbonyl (C=O) groups is 2. The van der Waals surface area contributed by atoms with Gasteiger partial charge in [0, 0.05) is 11.1 Å². The fraction of sp³-hybridized carbons (Fsp3) is 0.0870. The number of benzene rings is 2. The van der Waals surface area contributed by atoms with Gasteiger partial charge in [0.1, 0.15) is 23.9 Å². The first-order valence-electron chi connectivity index (χ1n) is 9.27. The molecule has 2 aliphatic heterocycles. The molecule has 7 heteroatoms. The van der Waals surface area contributed by atoms with Crippen LogP contribution in [-0.2, 0) is 16.1 Å². The normalized spacial score (nSPS) is 16.8. The van der Waals surface area contributed by atoms with E-state index in [0.717, 1.165) is 11.1 Å². The Kier molecular flexibility index (Phi) is 4.10. The molecule has 1 amide bonds. The van der Waals surface area contributed by atoms with Gasteiger partial charge in [-0.3, -0.25) is 4.79 Å². The molecule has 0 spiro atoms. The summed E-state index contributed by atoms with van der Waals surface area (Å²) in [5.74, 6) is -0.00106. The molecule has 6 nitrogen and oxygen atoms in total. The maximum absolute atomic E-state index is 13.2. The molecule has 0 radical (unpaired) electrons. The standard InChI is InChI=1S/C23H15FN2O4/c1-13-19(22(27)26(25-13)17-6-4-16(24)5-7-17)11-18-8-9-21(30-18)14-2-3-15-12-29-23(28)20(15)10-14/h2-11H,12H2,1H3/b19-11+. The molecule has 148 valence electrons. The van der Waals surface area contributed by atoms with Gasteiger partial charge in [0.2, 0.25) is 0 Å². The molecule has 5 rings (SSSR count). The summed E-state index contributed by atoms with van der Waals surface area (Å²) in [4.78, 5) is 24.6. The van der Waals surface area contributed by atoms with Gasteiger partial charge in [0.25, 0.3) is 5.91 Å². The number of hydrazone groups is 1. The third kappa shape index (κ3) is 3.00. The van der Waals surface area contributed by atoms with Gasteiger partial charge in [-0.05, 0) is 55.5 Å². The molecule has 0 bridgehead atoms. The van der Waals surface area contributed by atoms with E-state index in [0.29, 0.717) is 34.1 Å². The van der Waals surface area contributed by atoms with Crippen molar-refractivity contribution in [2.24, 2.45) is 5.10 Å². The van der Waals surface area contributed by atoms with Crippen molar-refractivity contribution in [3.05, 3.63) is 82.9 Å². The number of hydrogen-bond donors (Lipinski definition) is 0. The Bertz CT molecular complexity index is 1250. The summed E-state index contributed by atoms with van der Waals surface area (Å²) in [5, 5.41) is 5.51. The highest BCUT2D eigenvalue weighted by molar-refractivity contribution is 6.32. The molecule has 30 heavy (non-hydrogen) atoms. The van der Waals surface area contributed by atoms with E-state index in [9.17, 15) is 14.0 Å². The molecule has 2 aromatic carbocycles. The first-order valence-corrected chi connectivity index (χ1v) is 9.27. The van der Waals surface area contributed by atoms with Crippen molar-refractivity contribution in [1.82, 2.24) is 0 Å². The molecule has 0 saturated heterocycles.